The first kappa shape index (κ1) is 21.2. The molecule has 3 aromatic rings. The smallest absolute Gasteiger partial charge is 0.196 e. The van der Waals surface area contributed by atoms with Crippen molar-refractivity contribution in [1.29, 1.82) is 0 Å². The number of methoxy groups -OCH3 is 1. The van der Waals surface area contributed by atoms with Gasteiger partial charge in [-0.05, 0) is 69.3 Å². The molecule has 29 heavy (non-hydrogen) atoms. The van der Waals surface area contributed by atoms with Gasteiger partial charge in [-0.1, -0.05) is 11.8 Å². The minimum absolute atomic E-state index is 0.217. The van der Waals surface area contributed by atoms with Gasteiger partial charge in [-0.3, -0.25) is 4.57 Å². The number of hydrogen-bond donors (Lipinski definition) is 0. The van der Waals surface area contributed by atoms with Crippen molar-refractivity contribution in [2.45, 2.75) is 32.0 Å². The topological polar surface area (TPSA) is 58.4 Å². The van der Waals surface area contributed by atoms with Crippen LogP contribution in [0.15, 0.2) is 53.7 Å². The predicted molar refractivity (Wildman–Crippen MR) is 116 cm³/mol. The number of aromatic nitrogens is 3. The quantitative estimate of drug-likeness (QED) is 0.349. The Morgan fingerprint density at radius 3 is 2.28 bits per heavy atom. The molecule has 0 aliphatic rings. The third-order valence-electron chi connectivity index (χ3n) is 4.15. The van der Waals surface area contributed by atoms with Crippen molar-refractivity contribution in [3.05, 3.63) is 48.5 Å². The van der Waals surface area contributed by atoms with Crippen LogP contribution in [-0.4, -0.2) is 46.9 Å². The number of rotatable bonds is 10. The van der Waals surface area contributed by atoms with Gasteiger partial charge in [0, 0.05) is 17.0 Å². The van der Waals surface area contributed by atoms with E-state index in [1.54, 1.807) is 18.9 Å². The number of benzene rings is 2. The van der Waals surface area contributed by atoms with Crippen molar-refractivity contribution < 1.29 is 14.2 Å². The Morgan fingerprint density at radius 1 is 0.966 bits per heavy atom. The lowest BCUT2D eigenvalue weighted by Gasteiger charge is -2.12. The molecule has 0 aliphatic carbocycles. The van der Waals surface area contributed by atoms with Crippen molar-refractivity contribution in [2.24, 2.45) is 0 Å². The standard InChI is InChI=1S/C22H27N3O3S/c1-5-27-20-12-8-18(9-13-20)25-21(17-6-10-19(26-4)11-7-17)23-24-22(25)29-15-14-28-16(2)3/h6-13,16H,5,14-15H2,1-4H3. The molecule has 3 rings (SSSR count). The highest BCUT2D eigenvalue weighted by atomic mass is 32.2. The highest BCUT2D eigenvalue weighted by Gasteiger charge is 2.16. The normalized spacial score (nSPS) is 11.1. The average Bonchev–Trinajstić information content (AvgIpc) is 3.16. The third kappa shape index (κ3) is 5.52. The highest BCUT2D eigenvalue weighted by Crippen LogP contribution is 2.29. The van der Waals surface area contributed by atoms with Crippen LogP contribution in [0, 0.1) is 0 Å². The van der Waals surface area contributed by atoms with E-state index < -0.39 is 0 Å². The van der Waals surface area contributed by atoms with Crippen molar-refractivity contribution in [2.75, 3.05) is 26.1 Å². The molecular weight excluding hydrogens is 386 g/mol. The molecule has 0 bridgehead atoms. The molecule has 0 fully saturated rings. The van der Waals surface area contributed by atoms with Crippen molar-refractivity contribution in [3.8, 4) is 28.6 Å². The first-order valence-electron chi connectivity index (χ1n) is 9.69. The van der Waals surface area contributed by atoms with Gasteiger partial charge in [0.15, 0.2) is 11.0 Å². The van der Waals surface area contributed by atoms with E-state index in [2.05, 4.69) is 14.8 Å². The lowest BCUT2D eigenvalue weighted by molar-refractivity contribution is 0.0920. The van der Waals surface area contributed by atoms with Crippen molar-refractivity contribution >= 4 is 11.8 Å². The largest absolute Gasteiger partial charge is 0.497 e. The fraction of sp³-hybridized carbons (Fsp3) is 0.364. The van der Waals surface area contributed by atoms with Crippen LogP contribution in [0.4, 0.5) is 0 Å². The highest BCUT2D eigenvalue weighted by molar-refractivity contribution is 7.99. The van der Waals surface area contributed by atoms with Crippen LogP contribution in [-0.2, 0) is 4.74 Å². The summed E-state index contributed by atoms with van der Waals surface area (Å²) in [5, 5.41) is 9.74. The van der Waals surface area contributed by atoms with Gasteiger partial charge in [-0.2, -0.15) is 0 Å². The van der Waals surface area contributed by atoms with E-state index in [0.29, 0.717) is 13.2 Å². The Labute approximate surface area is 176 Å². The molecule has 1 heterocycles. The van der Waals surface area contributed by atoms with Gasteiger partial charge in [-0.25, -0.2) is 0 Å². The second-order valence-corrected chi connectivity index (χ2v) is 7.63. The van der Waals surface area contributed by atoms with Crippen LogP contribution in [0.1, 0.15) is 20.8 Å². The minimum Gasteiger partial charge on any atom is -0.497 e. The molecule has 0 atom stereocenters. The van der Waals surface area contributed by atoms with E-state index in [9.17, 15) is 0 Å². The lowest BCUT2D eigenvalue weighted by atomic mass is 10.2. The number of hydrogen-bond acceptors (Lipinski definition) is 6. The van der Waals surface area contributed by atoms with Crippen molar-refractivity contribution in [3.63, 3.8) is 0 Å². The Morgan fingerprint density at radius 2 is 1.66 bits per heavy atom. The summed E-state index contributed by atoms with van der Waals surface area (Å²) in [4.78, 5) is 0. The fourth-order valence-electron chi connectivity index (χ4n) is 2.80. The lowest BCUT2D eigenvalue weighted by Crippen LogP contribution is -2.06. The maximum absolute atomic E-state index is 5.66. The summed E-state index contributed by atoms with van der Waals surface area (Å²) < 4.78 is 18.6. The Kier molecular flexibility index (Phi) is 7.55. The van der Waals surface area contributed by atoms with Gasteiger partial charge in [-0.15, -0.1) is 10.2 Å². The van der Waals surface area contributed by atoms with Gasteiger partial charge < -0.3 is 14.2 Å². The van der Waals surface area contributed by atoms with Crippen LogP contribution >= 0.6 is 11.8 Å². The summed E-state index contributed by atoms with van der Waals surface area (Å²) >= 11 is 1.63. The van der Waals surface area contributed by atoms with Crippen molar-refractivity contribution in [1.82, 2.24) is 14.8 Å². The summed E-state index contributed by atoms with van der Waals surface area (Å²) in [5.41, 5.74) is 1.95. The molecule has 2 aromatic carbocycles. The molecule has 6 nitrogen and oxygen atoms in total. The van der Waals surface area contributed by atoms with E-state index in [1.165, 1.54) is 0 Å². The molecule has 0 N–H and O–H groups in total. The van der Waals surface area contributed by atoms with E-state index in [-0.39, 0.29) is 6.10 Å². The maximum Gasteiger partial charge on any atom is 0.196 e. The van der Waals surface area contributed by atoms with E-state index in [1.807, 2.05) is 69.3 Å². The first-order chi connectivity index (χ1) is 14.1. The molecule has 1 aromatic heterocycles. The van der Waals surface area contributed by atoms with E-state index >= 15 is 0 Å². The molecule has 0 amide bonds. The zero-order valence-corrected chi connectivity index (χ0v) is 18.1. The van der Waals surface area contributed by atoms with Gasteiger partial charge in [0.25, 0.3) is 0 Å². The molecule has 0 spiro atoms. The first-order valence-corrected chi connectivity index (χ1v) is 10.7. The van der Waals surface area contributed by atoms with Crippen LogP contribution in [0.25, 0.3) is 17.1 Å². The van der Waals surface area contributed by atoms with Crippen LogP contribution in [0.5, 0.6) is 11.5 Å². The Bertz CT molecular complexity index is 893. The van der Waals surface area contributed by atoms with Gasteiger partial charge in [0.1, 0.15) is 11.5 Å². The van der Waals surface area contributed by atoms with E-state index in [4.69, 9.17) is 14.2 Å². The van der Waals surface area contributed by atoms with Crippen LogP contribution in [0.2, 0.25) is 0 Å². The van der Waals surface area contributed by atoms with Gasteiger partial charge in [0.2, 0.25) is 0 Å². The summed E-state index contributed by atoms with van der Waals surface area (Å²) in [6, 6.07) is 15.8. The molecular formula is C22H27N3O3S. The number of ether oxygens (including phenoxy) is 3. The van der Waals surface area contributed by atoms with E-state index in [0.717, 1.165) is 39.5 Å². The zero-order chi connectivity index (χ0) is 20.6. The summed E-state index contributed by atoms with van der Waals surface area (Å²) in [5.74, 6) is 3.23. The Balaban J connectivity index is 1.92. The van der Waals surface area contributed by atoms with Gasteiger partial charge in [0.05, 0.1) is 26.4 Å². The second kappa shape index (κ2) is 10.3. The number of nitrogens with zero attached hydrogens (tertiary/aromatic N) is 3. The summed E-state index contributed by atoms with van der Waals surface area (Å²) in [6.45, 7) is 7.35. The van der Waals surface area contributed by atoms with Crippen LogP contribution in [0.3, 0.4) is 0 Å². The molecule has 0 radical (unpaired) electrons. The minimum atomic E-state index is 0.217. The Hall–Kier alpha value is -2.51. The molecule has 0 saturated heterocycles. The van der Waals surface area contributed by atoms with Crippen LogP contribution < -0.4 is 9.47 Å². The summed E-state index contributed by atoms with van der Waals surface area (Å²) in [7, 11) is 1.66. The fourth-order valence-corrected chi connectivity index (χ4v) is 3.58. The molecule has 0 aliphatic heterocycles. The maximum atomic E-state index is 5.66. The molecule has 0 saturated carbocycles. The summed E-state index contributed by atoms with van der Waals surface area (Å²) in [6.07, 6.45) is 0.217. The third-order valence-corrected chi connectivity index (χ3v) is 5.05. The SMILES string of the molecule is CCOc1ccc(-n2c(SCCOC(C)C)nnc2-c2ccc(OC)cc2)cc1. The second-order valence-electron chi connectivity index (χ2n) is 6.57. The molecule has 7 heteroatoms. The molecule has 0 unspecified atom stereocenters. The average molecular weight is 414 g/mol. The monoisotopic (exact) mass is 413 g/mol. The van der Waals surface area contributed by atoms with Gasteiger partial charge >= 0.3 is 0 Å². The molecule has 154 valence electrons. The predicted octanol–water partition coefficient (Wildman–Crippen LogP) is 4.86. The zero-order valence-electron chi connectivity index (χ0n) is 17.3. The number of thioether (sulfide) groups is 1.